The maximum atomic E-state index is 12.6. The number of aliphatic carboxylic acids is 6. The van der Waals surface area contributed by atoms with E-state index in [1.807, 2.05) is 24.6 Å². The van der Waals surface area contributed by atoms with E-state index in [4.69, 9.17) is 116 Å². The van der Waals surface area contributed by atoms with E-state index in [2.05, 4.69) is 96.1 Å². The second-order valence-corrected chi connectivity index (χ2v) is 31.5. The minimum Gasteiger partial charge on any atom is -0.715 e. The van der Waals surface area contributed by atoms with Crippen molar-refractivity contribution in [2.45, 2.75) is 191 Å². The van der Waals surface area contributed by atoms with Crippen LogP contribution >= 0.6 is 24.0 Å². The summed E-state index contributed by atoms with van der Waals surface area (Å²) in [6.07, 6.45) is 11.4. The van der Waals surface area contributed by atoms with Crippen LogP contribution in [0.4, 0.5) is 13.2 Å². The maximum absolute atomic E-state index is 12.6. The van der Waals surface area contributed by atoms with Crippen LogP contribution in [0.1, 0.15) is 152 Å². The molecule has 52 nitrogen and oxygen atoms in total. The van der Waals surface area contributed by atoms with E-state index in [-0.39, 0.29) is 85.6 Å². The third-order valence-corrected chi connectivity index (χ3v) is 19.2. The summed E-state index contributed by atoms with van der Waals surface area (Å²) in [6, 6.07) is 12.4. The third-order valence-electron chi connectivity index (χ3n) is 18.5. The van der Waals surface area contributed by atoms with Crippen molar-refractivity contribution in [3.63, 3.8) is 0 Å². The summed E-state index contributed by atoms with van der Waals surface area (Å²) < 4.78 is 39.9. The Hall–Kier alpha value is -11.6. The largest absolute Gasteiger partial charge is 1.00 e. The van der Waals surface area contributed by atoms with Gasteiger partial charge in [-0.25, -0.2) is 34.7 Å². The fraction of sp³-hybridized carbons (Fsp3) is 0.543. The zero-order valence-electron chi connectivity index (χ0n) is 80.5. The number of aromatic carboxylic acids is 1. The van der Waals surface area contributed by atoms with Crippen LogP contribution in [0.3, 0.4) is 0 Å². The Morgan fingerprint density at radius 1 is 0.633 bits per heavy atom. The number of thioether (sulfide) groups is 1. The molecule has 1 aliphatic heterocycles. The minimum atomic E-state index is -4.35. The molecular weight excluding hydrogens is 1900 g/mol. The first-order valence-corrected chi connectivity index (χ1v) is 43.8. The number of hydrogen-bond donors (Lipinski definition) is 26. The van der Waals surface area contributed by atoms with Gasteiger partial charge in [-0.05, 0) is 192 Å². The fourth-order valence-corrected chi connectivity index (χ4v) is 10.1. The number of alkyl halides is 3. The number of H-pyrrole nitrogens is 1. The molecule has 2 aromatic heterocycles. The van der Waals surface area contributed by atoms with E-state index >= 15 is 0 Å². The number of aromatic amines is 1. The van der Waals surface area contributed by atoms with Gasteiger partial charge in [0, 0.05) is 97.8 Å². The normalized spacial score (nSPS) is 14.1. The van der Waals surface area contributed by atoms with Crippen LogP contribution in [0.25, 0.3) is 16.6 Å². The van der Waals surface area contributed by atoms with Crippen molar-refractivity contribution in [3.05, 3.63) is 134 Å². The molecule has 139 heavy (non-hydrogen) atoms. The first kappa shape index (κ1) is 136. The Morgan fingerprint density at radius 2 is 1.06 bits per heavy atom. The predicted molar refractivity (Wildman–Crippen MR) is 528 cm³/mol. The fourth-order valence-electron chi connectivity index (χ4n) is 9.77. The number of hydroxylamine groups is 3. The standard InChI is InChI=1S/C14H17N2O4.C10H7F3N2.C8H18N4O2.C8H8N2.C7H17N5O4.2C7H16N4O2.C7H15N3O2S.C7H15N3O2.C6H13N3O2S.K/c1-13(2)14(3,4)16(20)11(15(13)19)9-5-7-10(8-6-9)12(17)18;11-10(12,13)8-3-1-2-4-9(8)15-6-5-14-7-15;1-12(2)8(10)11-5-3-4-6(9)7(13)14;1-6-3-2-4-7-5-9-10-8(6)7;1-15-16-5-6(8)3-2-4-10-7(9)11-12(13)14;2*1-10-7(9)11-4-2-3-5(8)6(12)13;1-13-7(9)10-4-2-3-5(8)6(11)12;1-5(8)10-4-2-3-6(9)7(11)12;7-4(5(10)11)2-1-3-9-6(8)12;/h5-8H,1-4H3,(H,17,18);1-7H;6H,3-5,9H2,1-2H3,(H2,10,11)(H,13,14);2-5H,1H3,(H,9,10);6H,2-5,8H2,1H3,(H3,9,10,11);2*5H,2-4,8H2,1H3,(H,12,13)(H3,9,10,11);5H,2-4,8H2,1H3,(H2,9,10)(H,11,12);6H,2-4,9H2,1H3,(H2,8,10)(H,11,12);4H,1-3,7H2,(H,10,11)(H3,8,9,12);/q-1;;;;;;;;;;+1. The number of halogens is 3. The molecule has 6 rings (SSSR count). The number of imidazole rings is 1. The molecule has 5 aromatic rings. The number of hydrazine groups is 1. The van der Waals surface area contributed by atoms with E-state index in [1.54, 1.807) is 79.2 Å². The molecule has 1 aliphatic rings. The Morgan fingerprint density at radius 3 is 1.42 bits per heavy atom. The second kappa shape index (κ2) is 76.3. The number of guanidine groups is 4. The number of thiocarbonyl (C=S) groups is 1. The molecule has 0 fully saturated rings. The van der Waals surface area contributed by atoms with Gasteiger partial charge in [-0.15, -0.1) is 0 Å². The van der Waals surface area contributed by atoms with E-state index in [0.717, 1.165) is 11.6 Å². The number of nitrogens with one attached hydrogen (secondary N) is 5. The molecule has 0 saturated carbocycles. The van der Waals surface area contributed by atoms with Crippen LogP contribution in [0, 0.1) is 27.5 Å². The molecule has 7 atom stereocenters. The number of carboxylic acids is 7. The number of hydrogen-bond acceptors (Lipinski definition) is 31. The number of carboxylic acid groups (broad SMARTS) is 7. The summed E-state index contributed by atoms with van der Waals surface area (Å²) in [6.45, 7) is 14.6. The van der Waals surface area contributed by atoms with Crippen LogP contribution in [0.5, 0.6) is 0 Å². The number of rotatable bonds is 41. The number of aliphatic imine (C=N–C) groups is 6. The Bertz CT molecular complexity index is 4570. The van der Waals surface area contributed by atoms with Crippen molar-refractivity contribution in [2.75, 3.05) is 94.0 Å². The number of aryl methyl sites for hydroxylation is 1. The van der Waals surface area contributed by atoms with Crippen LogP contribution in [0.2, 0.25) is 0 Å². The van der Waals surface area contributed by atoms with Gasteiger partial charge in [0.25, 0.3) is 11.8 Å². The molecule has 3 heterocycles. The number of benzene rings is 3. The molecule has 58 heteroatoms. The molecule has 0 radical (unpaired) electrons. The predicted octanol–water partition coefficient (Wildman–Crippen LogP) is -2.55. The van der Waals surface area contributed by atoms with E-state index in [0.29, 0.717) is 187 Å². The van der Waals surface area contributed by atoms with Gasteiger partial charge in [0.2, 0.25) is 0 Å². The molecule has 0 bridgehead atoms. The molecule has 780 valence electrons. The van der Waals surface area contributed by atoms with Gasteiger partial charge < -0.3 is 152 Å². The van der Waals surface area contributed by atoms with Gasteiger partial charge in [0.15, 0.2) is 33.2 Å². The summed E-state index contributed by atoms with van der Waals surface area (Å²) in [7, 11) is 8.14. The van der Waals surface area contributed by atoms with Crippen molar-refractivity contribution in [1.82, 2.24) is 51.1 Å². The molecule has 0 aliphatic carbocycles. The summed E-state index contributed by atoms with van der Waals surface area (Å²) in [5, 5.41) is 111. The summed E-state index contributed by atoms with van der Waals surface area (Å²) in [5.41, 5.74) is 76.8. The second-order valence-electron chi connectivity index (χ2n) is 30.3. The van der Waals surface area contributed by atoms with Gasteiger partial charge in [0.05, 0.1) is 60.0 Å². The smallest absolute Gasteiger partial charge is 0.715 e. The van der Waals surface area contributed by atoms with Crippen molar-refractivity contribution in [2.24, 2.45) is 110 Å². The van der Waals surface area contributed by atoms with Crippen LogP contribution in [-0.2, 0) is 44.7 Å². The number of aromatic nitrogens is 4. The minimum absolute atomic E-state index is 0. The van der Waals surface area contributed by atoms with Crippen LogP contribution in [-0.4, -0.2) is 310 Å². The zero-order chi connectivity index (χ0) is 107. The summed E-state index contributed by atoms with van der Waals surface area (Å²) in [5.74, 6) is -5.45. The number of nitro groups is 1. The van der Waals surface area contributed by atoms with Crippen molar-refractivity contribution < 1.29 is 153 Å². The van der Waals surface area contributed by atoms with Gasteiger partial charge >= 0.3 is 99.3 Å². The third kappa shape index (κ3) is 64.3. The van der Waals surface area contributed by atoms with E-state index in [1.165, 1.54) is 89.5 Å². The van der Waals surface area contributed by atoms with Crippen LogP contribution < -0.4 is 153 Å². The van der Waals surface area contributed by atoms with E-state index in [9.17, 15) is 67.3 Å². The average Bonchev–Trinajstić information content (AvgIpc) is 1.57. The SMILES string of the molecule is CC(N)=NCCCC(N)C(=O)O.CC1(C)N([O-])C(c2ccc(C(=O)O)cc2)=[N+]([O-])C1(C)C.CN(C)C(N)=NCCCC(N)C(=O)O.CN=C(N)NCCCC(N)C(=O)O.CN=C(N)NCCCC(N)C(=O)O.COOCC(N)CCCN=C(N)N[N+](=O)[O-].CSC(N)=NCCCC(N)C(=O)O.Cc1cccc2cn[nH]c12.FC(F)(F)c1ccccc1-n1ccnc1.NC(=S)NCCCC(N)C(=O)O.[K+]. The Balaban J connectivity index is -0.000000480. The Kier molecular flexibility index (Phi) is 74.6. The van der Waals surface area contributed by atoms with E-state index < -0.39 is 106 Å². The average molecular weight is 2040 g/mol. The molecule has 0 amide bonds. The number of para-hydroxylation sites is 2. The molecule has 0 saturated heterocycles. The molecule has 3 aromatic carbocycles. The molecular formula is C81H142F3KN32O20S2. The maximum Gasteiger partial charge on any atom is 1.00 e. The summed E-state index contributed by atoms with van der Waals surface area (Å²) >= 11 is 5.92. The van der Waals surface area contributed by atoms with Gasteiger partial charge in [-0.2, -0.15) is 18.3 Å². The first-order chi connectivity index (χ1) is 64.4. The number of amidine groups is 3. The molecule has 7 unspecified atom stereocenters. The number of carbonyl (C=O) groups is 7. The van der Waals surface area contributed by atoms with Crippen molar-refractivity contribution in [1.29, 1.82) is 0 Å². The van der Waals surface area contributed by atoms with Gasteiger partial charge in [-0.1, -0.05) is 47.5 Å². The van der Waals surface area contributed by atoms with Gasteiger partial charge in [-0.3, -0.25) is 68.6 Å². The summed E-state index contributed by atoms with van der Waals surface area (Å²) in [4.78, 5) is 120. The zero-order valence-corrected chi connectivity index (χ0v) is 85.3. The topological polar surface area (TPSA) is 911 Å². The number of nitrogens with zero attached hydrogens (tertiary/aromatic N) is 13. The van der Waals surface area contributed by atoms with Crippen LogP contribution in [0.15, 0.2) is 122 Å². The first-order valence-electron chi connectivity index (χ1n) is 42.1. The van der Waals surface area contributed by atoms with Crippen molar-refractivity contribution in [3.8, 4) is 5.69 Å². The molecule has 0 spiro atoms. The quantitative estimate of drug-likeness (QED) is 0.00183. The number of nitrogens with two attached hydrogens (primary N) is 14. The Labute approximate surface area is 856 Å². The molecule has 40 N–H and O–H groups in total. The number of fused-ring (bicyclic) bond motifs is 1. The monoisotopic (exact) mass is 2040 g/mol. The van der Waals surface area contributed by atoms with Crippen molar-refractivity contribution >= 4 is 122 Å². The van der Waals surface area contributed by atoms with Gasteiger partial charge in [0.1, 0.15) is 47.3 Å².